The number of benzene rings is 2. The second-order valence-electron chi connectivity index (χ2n) is 7.61. The Labute approximate surface area is 200 Å². The number of hydrogen-bond donors (Lipinski definition) is 1. The molecule has 2 heterocycles. The van der Waals surface area contributed by atoms with Gasteiger partial charge in [-0.3, -0.25) is 9.59 Å². The molecule has 2 aromatic rings. The first-order valence-electron chi connectivity index (χ1n) is 10.0. The van der Waals surface area contributed by atoms with E-state index in [0.29, 0.717) is 17.2 Å². The van der Waals surface area contributed by atoms with E-state index < -0.39 is 23.5 Å². The number of carbonyl (C=O) groups is 2. The Morgan fingerprint density at radius 2 is 1.88 bits per heavy atom. The third-order valence-corrected chi connectivity index (χ3v) is 6.37. The van der Waals surface area contributed by atoms with Crippen LogP contribution in [0, 0.1) is 0 Å². The number of carbonyl (C=O) groups excluding carboxylic acids is 2. The van der Waals surface area contributed by atoms with E-state index in [1.54, 1.807) is 24.3 Å². The molecule has 168 valence electrons. The molecule has 0 radical (unpaired) electrons. The lowest BCUT2D eigenvalue weighted by atomic mass is 9.95. The molecule has 0 saturated carbocycles. The smallest absolute Gasteiger partial charge is 0.295 e. The van der Waals surface area contributed by atoms with Gasteiger partial charge in [0.25, 0.3) is 11.7 Å². The molecule has 32 heavy (non-hydrogen) atoms. The SMILES string of the molecule is COc1c(Cl)cc(Cl)cc1/C(O)=C1\C(=O)C(=O)N(CC2CCCO2)C1c1ccc(Cl)cc1. The van der Waals surface area contributed by atoms with E-state index in [0.717, 1.165) is 12.8 Å². The van der Waals surface area contributed by atoms with Crippen molar-refractivity contribution in [2.45, 2.75) is 25.0 Å². The Morgan fingerprint density at radius 1 is 1.16 bits per heavy atom. The molecule has 2 saturated heterocycles. The van der Waals surface area contributed by atoms with Gasteiger partial charge in [-0.1, -0.05) is 46.9 Å². The van der Waals surface area contributed by atoms with Crippen LogP contribution in [0.3, 0.4) is 0 Å². The zero-order chi connectivity index (χ0) is 23.0. The molecule has 0 aliphatic carbocycles. The number of rotatable bonds is 5. The molecule has 6 nitrogen and oxygen atoms in total. The highest BCUT2D eigenvalue weighted by molar-refractivity contribution is 6.47. The van der Waals surface area contributed by atoms with Crippen LogP contribution < -0.4 is 4.74 Å². The van der Waals surface area contributed by atoms with E-state index in [-0.39, 0.29) is 39.6 Å². The maximum absolute atomic E-state index is 13.1. The van der Waals surface area contributed by atoms with Crippen molar-refractivity contribution in [3.63, 3.8) is 0 Å². The Balaban J connectivity index is 1.89. The van der Waals surface area contributed by atoms with Crippen LogP contribution in [0.15, 0.2) is 42.0 Å². The number of aliphatic hydroxyl groups excluding tert-OH is 1. The number of ether oxygens (including phenoxy) is 2. The standard InChI is InChI=1S/C23H20Cl3NO5/c1-31-22-16(9-14(25)10-17(22)26)20(28)18-19(12-4-6-13(24)7-5-12)27(23(30)21(18)29)11-15-3-2-8-32-15/h4-7,9-10,15,19,28H,2-3,8,11H2,1H3/b20-18+. The van der Waals surface area contributed by atoms with Gasteiger partial charge in [-0.2, -0.15) is 0 Å². The quantitative estimate of drug-likeness (QED) is 0.347. The molecule has 1 N–H and O–H groups in total. The number of likely N-dealkylation sites (tertiary alicyclic amines) is 1. The summed E-state index contributed by atoms with van der Waals surface area (Å²) < 4.78 is 11.0. The second-order valence-corrected chi connectivity index (χ2v) is 8.89. The number of ketones is 1. The van der Waals surface area contributed by atoms with Crippen LogP contribution in [0.5, 0.6) is 5.75 Å². The second kappa shape index (κ2) is 9.32. The molecule has 2 atom stereocenters. The summed E-state index contributed by atoms with van der Waals surface area (Å²) in [6.07, 6.45) is 1.49. The summed E-state index contributed by atoms with van der Waals surface area (Å²) in [6, 6.07) is 8.84. The molecule has 1 amide bonds. The Bertz CT molecular complexity index is 1090. The van der Waals surface area contributed by atoms with Crippen LogP contribution in [-0.2, 0) is 14.3 Å². The maximum Gasteiger partial charge on any atom is 0.295 e. The normalized spacial score (nSPS) is 22.6. The van der Waals surface area contributed by atoms with E-state index in [9.17, 15) is 14.7 Å². The van der Waals surface area contributed by atoms with Crippen molar-refractivity contribution in [2.75, 3.05) is 20.3 Å². The fourth-order valence-corrected chi connectivity index (χ4v) is 4.85. The predicted molar refractivity (Wildman–Crippen MR) is 122 cm³/mol. The summed E-state index contributed by atoms with van der Waals surface area (Å²) in [5.74, 6) is -1.79. The molecule has 2 aliphatic rings. The average molecular weight is 497 g/mol. The van der Waals surface area contributed by atoms with Gasteiger partial charge in [-0.15, -0.1) is 0 Å². The Morgan fingerprint density at radius 3 is 2.50 bits per heavy atom. The molecule has 2 unspecified atom stereocenters. The molecular formula is C23H20Cl3NO5. The molecule has 2 aliphatic heterocycles. The first-order valence-corrected chi connectivity index (χ1v) is 11.1. The number of nitrogens with zero attached hydrogens (tertiary/aromatic N) is 1. The largest absolute Gasteiger partial charge is 0.507 e. The van der Waals surface area contributed by atoms with Crippen molar-refractivity contribution in [3.8, 4) is 5.75 Å². The molecule has 4 rings (SSSR count). The number of halogens is 3. The van der Waals surface area contributed by atoms with Crippen LogP contribution in [0.2, 0.25) is 15.1 Å². The minimum absolute atomic E-state index is 0.0769. The van der Waals surface area contributed by atoms with Gasteiger partial charge in [0, 0.05) is 23.2 Å². The van der Waals surface area contributed by atoms with Crippen molar-refractivity contribution in [3.05, 3.63) is 68.2 Å². The van der Waals surface area contributed by atoms with Crippen molar-refractivity contribution in [1.29, 1.82) is 0 Å². The maximum atomic E-state index is 13.1. The highest BCUT2D eigenvalue weighted by Gasteiger charge is 2.47. The van der Waals surface area contributed by atoms with Gasteiger partial charge in [0.05, 0.1) is 35.4 Å². The van der Waals surface area contributed by atoms with Crippen LogP contribution in [0.4, 0.5) is 0 Å². The van der Waals surface area contributed by atoms with Gasteiger partial charge in [0.15, 0.2) is 0 Å². The van der Waals surface area contributed by atoms with Gasteiger partial charge in [0.1, 0.15) is 11.5 Å². The molecule has 0 bridgehead atoms. The van der Waals surface area contributed by atoms with E-state index in [1.807, 2.05) is 0 Å². The fourth-order valence-electron chi connectivity index (χ4n) is 4.16. The van der Waals surface area contributed by atoms with Crippen molar-refractivity contribution in [1.82, 2.24) is 4.90 Å². The van der Waals surface area contributed by atoms with E-state index in [1.165, 1.54) is 24.1 Å². The summed E-state index contributed by atoms with van der Waals surface area (Å²) in [5.41, 5.74) is 0.672. The first kappa shape index (κ1) is 22.9. The number of methoxy groups -OCH3 is 1. The average Bonchev–Trinajstić information content (AvgIpc) is 3.36. The molecule has 0 aromatic heterocycles. The Kier molecular flexibility index (Phi) is 6.67. The zero-order valence-corrected chi connectivity index (χ0v) is 19.4. The monoisotopic (exact) mass is 495 g/mol. The third-order valence-electron chi connectivity index (χ3n) is 5.62. The van der Waals surface area contributed by atoms with Crippen molar-refractivity contribution in [2.24, 2.45) is 0 Å². The number of aliphatic hydroxyl groups is 1. The van der Waals surface area contributed by atoms with Crippen molar-refractivity contribution >= 4 is 52.3 Å². The number of amides is 1. The van der Waals surface area contributed by atoms with E-state index in [2.05, 4.69) is 0 Å². The molecule has 9 heteroatoms. The van der Waals surface area contributed by atoms with Gasteiger partial charge in [0.2, 0.25) is 0 Å². The fraction of sp³-hybridized carbons (Fsp3) is 0.304. The lowest BCUT2D eigenvalue weighted by Gasteiger charge is -2.27. The Hall–Kier alpha value is -2.25. The summed E-state index contributed by atoms with van der Waals surface area (Å²) in [5, 5.41) is 12.2. The van der Waals surface area contributed by atoms with Crippen LogP contribution in [-0.4, -0.2) is 48.1 Å². The molecular weight excluding hydrogens is 477 g/mol. The topological polar surface area (TPSA) is 76.1 Å². The molecule has 2 aromatic carbocycles. The van der Waals surface area contributed by atoms with Gasteiger partial charge in [-0.25, -0.2) is 0 Å². The predicted octanol–water partition coefficient (Wildman–Crippen LogP) is 5.26. The molecule has 0 spiro atoms. The summed E-state index contributed by atoms with van der Waals surface area (Å²) in [4.78, 5) is 27.6. The third kappa shape index (κ3) is 4.20. The van der Waals surface area contributed by atoms with Gasteiger partial charge < -0.3 is 19.5 Å². The zero-order valence-electron chi connectivity index (χ0n) is 17.1. The van der Waals surface area contributed by atoms with Gasteiger partial charge >= 0.3 is 0 Å². The summed E-state index contributed by atoms with van der Waals surface area (Å²) in [7, 11) is 1.39. The summed E-state index contributed by atoms with van der Waals surface area (Å²) >= 11 is 18.4. The summed E-state index contributed by atoms with van der Waals surface area (Å²) in [6.45, 7) is 0.834. The molecule has 2 fully saturated rings. The van der Waals surface area contributed by atoms with E-state index in [4.69, 9.17) is 44.3 Å². The number of Topliss-reactive ketones (excluding diaryl/α,β-unsaturated/α-hetero) is 1. The highest BCUT2D eigenvalue weighted by atomic mass is 35.5. The van der Waals surface area contributed by atoms with Crippen LogP contribution in [0.1, 0.15) is 30.0 Å². The van der Waals surface area contributed by atoms with Crippen LogP contribution in [0.25, 0.3) is 5.76 Å². The lowest BCUT2D eigenvalue weighted by molar-refractivity contribution is -0.140. The van der Waals surface area contributed by atoms with Gasteiger partial charge in [-0.05, 0) is 42.7 Å². The number of hydrogen-bond acceptors (Lipinski definition) is 5. The lowest BCUT2D eigenvalue weighted by Crippen LogP contribution is -2.36. The van der Waals surface area contributed by atoms with E-state index >= 15 is 0 Å². The minimum Gasteiger partial charge on any atom is -0.507 e. The van der Waals surface area contributed by atoms with Crippen LogP contribution >= 0.6 is 34.8 Å². The highest BCUT2D eigenvalue weighted by Crippen LogP contribution is 2.43. The minimum atomic E-state index is -0.834. The first-order chi connectivity index (χ1) is 15.3. The van der Waals surface area contributed by atoms with Crippen molar-refractivity contribution < 1.29 is 24.2 Å².